The highest BCUT2D eigenvalue weighted by Gasteiger charge is 2.26. The monoisotopic (exact) mass is 505 g/mol. The predicted octanol–water partition coefficient (Wildman–Crippen LogP) is 6.43. The molecule has 34 heavy (non-hydrogen) atoms. The smallest absolute Gasteiger partial charge is 0.451 e. The van der Waals surface area contributed by atoms with Gasteiger partial charge >= 0.3 is 6.16 Å². The number of rotatable bonds is 9. The van der Waals surface area contributed by atoms with Crippen molar-refractivity contribution in [1.82, 2.24) is 9.78 Å². The molecule has 0 N–H and O–H groups in total. The second-order valence-corrected chi connectivity index (χ2v) is 9.97. The first kappa shape index (κ1) is 27.6. The number of hydrogen-bond acceptors (Lipinski definition) is 7. The molecule has 184 valence electrons. The van der Waals surface area contributed by atoms with Crippen LogP contribution in [-0.2, 0) is 26.2 Å². The lowest BCUT2D eigenvalue weighted by molar-refractivity contribution is -0.0658. The molecule has 2 rings (SSSR count). The molecule has 0 radical (unpaired) electrons. The Labute approximate surface area is 211 Å². The van der Waals surface area contributed by atoms with Crippen molar-refractivity contribution in [2.45, 2.75) is 59.8 Å². The molecule has 0 saturated heterocycles. The molecule has 1 aromatic heterocycles. The second kappa shape index (κ2) is 12.2. The molecule has 1 heterocycles. The standard InChI is InChI=1S/C25H32ClN3O4S/c1-8-29-22(21(26)16(2)28-29)23(32-17(3)33-24(30)31-13-14-34-7)20(15-27)18-9-11-19(12-10-18)25(4,5)6/h9-12,17H,8,13-14H2,1-7H3/b23-20-. The predicted molar refractivity (Wildman–Crippen MR) is 137 cm³/mol. The third-order valence-electron chi connectivity index (χ3n) is 5.00. The van der Waals surface area contributed by atoms with Gasteiger partial charge in [-0.2, -0.15) is 22.1 Å². The average Bonchev–Trinajstić information content (AvgIpc) is 3.07. The van der Waals surface area contributed by atoms with E-state index in [4.69, 9.17) is 25.8 Å². The lowest BCUT2D eigenvalue weighted by Gasteiger charge is -2.21. The summed E-state index contributed by atoms with van der Waals surface area (Å²) in [5.41, 5.74) is 3.05. The van der Waals surface area contributed by atoms with Crippen LogP contribution in [0.5, 0.6) is 0 Å². The van der Waals surface area contributed by atoms with Crippen molar-refractivity contribution in [3.05, 3.63) is 51.8 Å². The number of halogens is 1. The van der Waals surface area contributed by atoms with Crippen molar-refractivity contribution >= 4 is 40.9 Å². The van der Waals surface area contributed by atoms with E-state index in [1.165, 1.54) is 0 Å². The third kappa shape index (κ3) is 6.94. The minimum atomic E-state index is -1.04. The number of carbonyl (C=O) groups excluding carboxylic acids is 1. The summed E-state index contributed by atoms with van der Waals surface area (Å²) in [6.45, 7) is 12.3. The van der Waals surface area contributed by atoms with Crippen LogP contribution in [-0.4, -0.2) is 40.8 Å². The Hall–Kier alpha value is -2.63. The number of ether oxygens (including phenoxy) is 3. The van der Waals surface area contributed by atoms with Crippen molar-refractivity contribution in [2.75, 3.05) is 18.6 Å². The molecule has 2 aromatic rings. The number of hydrogen-bond donors (Lipinski definition) is 0. The summed E-state index contributed by atoms with van der Waals surface area (Å²) in [5, 5.41) is 15.0. The van der Waals surface area contributed by atoms with Crippen LogP contribution in [0.3, 0.4) is 0 Å². The fourth-order valence-corrected chi connectivity index (χ4v) is 3.66. The molecule has 0 fully saturated rings. The van der Waals surface area contributed by atoms with E-state index in [2.05, 4.69) is 31.9 Å². The Kier molecular flexibility index (Phi) is 9.90. The number of nitriles is 1. The molecular formula is C25H32ClN3O4S. The van der Waals surface area contributed by atoms with E-state index >= 15 is 0 Å². The van der Waals surface area contributed by atoms with Gasteiger partial charge in [0.05, 0.1) is 10.7 Å². The highest BCUT2D eigenvalue weighted by atomic mass is 35.5. The molecule has 1 aromatic carbocycles. The maximum atomic E-state index is 12.0. The number of thioether (sulfide) groups is 1. The summed E-state index contributed by atoms with van der Waals surface area (Å²) in [6.07, 6.45) is 0.0307. The Morgan fingerprint density at radius 1 is 1.26 bits per heavy atom. The molecule has 0 aliphatic rings. The van der Waals surface area contributed by atoms with Crippen LogP contribution >= 0.6 is 23.4 Å². The minimum absolute atomic E-state index is 0.0331. The average molecular weight is 506 g/mol. The summed E-state index contributed by atoms with van der Waals surface area (Å²) in [4.78, 5) is 12.0. The molecule has 0 aliphatic heterocycles. The normalized spacial score (nSPS) is 13.0. The lowest BCUT2D eigenvalue weighted by Crippen LogP contribution is -2.20. The highest BCUT2D eigenvalue weighted by molar-refractivity contribution is 7.98. The van der Waals surface area contributed by atoms with Gasteiger partial charge in [-0.05, 0) is 36.6 Å². The van der Waals surface area contributed by atoms with E-state index in [0.29, 0.717) is 34.3 Å². The van der Waals surface area contributed by atoms with Gasteiger partial charge < -0.3 is 14.2 Å². The van der Waals surface area contributed by atoms with Crippen LogP contribution in [0, 0.1) is 18.3 Å². The van der Waals surface area contributed by atoms with Gasteiger partial charge in [-0.1, -0.05) is 56.6 Å². The third-order valence-corrected chi connectivity index (χ3v) is 6.03. The fraction of sp³-hybridized carbons (Fsp3) is 0.480. The molecule has 0 saturated carbocycles. The summed E-state index contributed by atoms with van der Waals surface area (Å²) < 4.78 is 18.0. The second-order valence-electron chi connectivity index (χ2n) is 8.60. The summed E-state index contributed by atoms with van der Waals surface area (Å²) in [6, 6.07) is 9.96. The first-order chi connectivity index (χ1) is 16.0. The minimum Gasteiger partial charge on any atom is -0.451 e. The van der Waals surface area contributed by atoms with Gasteiger partial charge in [0.2, 0.25) is 6.29 Å². The number of allylic oxidation sites excluding steroid dienone is 1. The zero-order valence-corrected chi connectivity index (χ0v) is 22.3. The summed E-state index contributed by atoms with van der Waals surface area (Å²) in [5.74, 6) is 0.839. The van der Waals surface area contributed by atoms with Crippen LogP contribution in [0.15, 0.2) is 24.3 Å². The highest BCUT2D eigenvalue weighted by Crippen LogP contribution is 2.35. The first-order valence-electron chi connectivity index (χ1n) is 11.0. The van der Waals surface area contributed by atoms with E-state index in [9.17, 15) is 10.1 Å². The summed E-state index contributed by atoms with van der Waals surface area (Å²) in [7, 11) is 0. The number of aromatic nitrogens is 2. The Morgan fingerprint density at radius 3 is 2.44 bits per heavy atom. The maximum Gasteiger partial charge on any atom is 0.511 e. The molecular weight excluding hydrogens is 474 g/mol. The SMILES string of the molecule is CCn1nc(C)c(Cl)c1/C(OC(C)OC(=O)OCCSC)=C(\C#N)c1ccc(C(C)(C)C)cc1. The van der Waals surface area contributed by atoms with Gasteiger partial charge in [-0.25, -0.2) is 4.79 Å². The number of benzene rings is 1. The van der Waals surface area contributed by atoms with Crippen molar-refractivity contribution in [3.8, 4) is 6.07 Å². The van der Waals surface area contributed by atoms with E-state index in [1.54, 1.807) is 30.3 Å². The topological polar surface area (TPSA) is 86.4 Å². The van der Waals surface area contributed by atoms with Crippen molar-refractivity contribution in [1.29, 1.82) is 5.26 Å². The summed E-state index contributed by atoms with van der Waals surface area (Å²) >= 11 is 8.15. The quantitative estimate of drug-likeness (QED) is 0.127. The van der Waals surface area contributed by atoms with E-state index < -0.39 is 12.4 Å². The molecule has 0 bridgehead atoms. The van der Waals surface area contributed by atoms with Crippen LogP contribution in [0.25, 0.3) is 11.3 Å². The van der Waals surface area contributed by atoms with Gasteiger partial charge in [-0.15, -0.1) is 0 Å². The molecule has 1 unspecified atom stereocenters. The van der Waals surface area contributed by atoms with E-state index in [0.717, 1.165) is 5.56 Å². The number of aryl methyl sites for hydroxylation is 2. The van der Waals surface area contributed by atoms with Crippen LogP contribution in [0.1, 0.15) is 57.1 Å². The van der Waals surface area contributed by atoms with Gasteiger partial charge in [-0.3, -0.25) is 4.68 Å². The van der Waals surface area contributed by atoms with E-state index in [-0.39, 0.29) is 23.4 Å². The van der Waals surface area contributed by atoms with Crippen LogP contribution in [0.4, 0.5) is 4.79 Å². The number of nitrogens with zero attached hydrogens (tertiary/aromatic N) is 3. The molecule has 9 heteroatoms. The van der Waals surface area contributed by atoms with Crippen molar-refractivity contribution in [2.24, 2.45) is 0 Å². The van der Waals surface area contributed by atoms with Gasteiger partial charge in [0.15, 0.2) is 5.76 Å². The zero-order chi connectivity index (χ0) is 25.5. The van der Waals surface area contributed by atoms with E-state index in [1.807, 2.05) is 37.4 Å². The maximum absolute atomic E-state index is 12.0. The Bertz CT molecular complexity index is 1070. The van der Waals surface area contributed by atoms with Gasteiger partial charge in [0.1, 0.15) is 23.9 Å². The van der Waals surface area contributed by atoms with Crippen molar-refractivity contribution in [3.63, 3.8) is 0 Å². The Morgan fingerprint density at radius 2 is 1.91 bits per heavy atom. The lowest BCUT2D eigenvalue weighted by atomic mass is 9.86. The number of carbonyl (C=O) groups is 1. The largest absolute Gasteiger partial charge is 0.511 e. The van der Waals surface area contributed by atoms with Gasteiger partial charge in [0, 0.05) is 19.2 Å². The first-order valence-corrected chi connectivity index (χ1v) is 12.8. The molecule has 7 nitrogen and oxygen atoms in total. The molecule has 0 amide bonds. The van der Waals surface area contributed by atoms with Crippen molar-refractivity contribution < 1.29 is 19.0 Å². The molecule has 0 spiro atoms. The molecule has 1 atom stereocenters. The molecule has 0 aliphatic carbocycles. The van der Waals surface area contributed by atoms with Crippen LogP contribution < -0.4 is 0 Å². The Balaban J connectivity index is 2.53. The zero-order valence-electron chi connectivity index (χ0n) is 20.8. The van der Waals surface area contributed by atoms with Crippen LogP contribution in [0.2, 0.25) is 5.02 Å². The van der Waals surface area contributed by atoms with Gasteiger partial charge in [0.25, 0.3) is 0 Å². The fourth-order valence-electron chi connectivity index (χ4n) is 3.19.